The summed E-state index contributed by atoms with van der Waals surface area (Å²) in [7, 11) is 0. The third-order valence-corrected chi connectivity index (χ3v) is 4.07. The van der Waals surface area contributed by atoms with Crippen LogP contribution in [0.3, 0.4) is 0 Å². The lowest BCUT2D eigenvalue weighted by atomic mass is 9.76. The van der Waals surface area contributed by atoms with Crippen LogP contribution in [0.1, 0.15) is 51.2 Å². The quantitative estimate of drug-likeness (QED) is 0.811. The zero-order valence-corrected chi connectivity index (χ0v) is 13.8. The number of aryl methyl sites for hydroxylation is 1. The average molecular weight is 291 g/mol. The van der Waals surface area contributed by atoms with Gasteiger partial charge in [0.25, 0.3) is 0 Å². The van der Waals surface area contributed by atoms with Crippen molar-refractivity contribution >= 4 is 5.91 Å². The summed E-state index contributed by atoms with van der Waals surface area (Å²) in [4.78, 5) is 16.1. The minimum Gasteiger partial charge on any atom is -0.352 e. The van der Waals surface area contributed by atoms with Crippen molar-refractivity contribution in [3.63, 3.8) is 0 Å². The van der Waals surface area contributed by atoms with Crippen molar-refractivity contribution < 1.29 is 4.79 Å². The lowest BCUT2D eigenvalue weighted by Gasteiger charge is -2.30. The molecule has 0 bridgehead atoms. The number of amides is 1. The number of pyridine rings is 1. The molecule has 1 atom stereocenters. The first-order chi connectivity index (χ1) is 9.84. The second-order valence-corrected chi connectivity index (χ2v) is 6.76. The smallest absolute Gasteiger partial charge is 0.220 e. The van der Waals surface area contributed by atoms with Crippen molar-refractivity contribution in [1.29, 1.82) is 0 Å². The van der Waals surface area contributed by atoms with Crippen molar-refractivity contribution in [2.24, 2.45) is 17.1 Å². The Morgan fingerprint density at radius 3 is 2.67 bits per heavy atom. The maximum atomic E-state index is 12.0. The van der Waals surface area contributed by atoms with Crippen LogP contribution in [0.15, 0.2) is 18.5 Å². The van der Waals surface area contributed by atoms with Crippen LogP contribution in [0, 0.1) is 18.3 Å². The van der Waals surface area contributed by atoms with E-state index in [-0.39, 0.29) is 11.3 Å². The monoisotopic (exact) mass is 291 g/mol. The third-order valence-electron chi connectivity index (χ3n) is 4.07. The fourth-order valence-electron chi connectivity index (χ4n) is 2.50. The van der Waals surface area contributed by atoms with E-state index in [1.165, 1.54) is 0 Å². The maximum Gasteiger partial charge on any atom is 0.220 e. The molecule has 4 nitrogen and oxygen atoms in total. The molecule has 0 aliphatic heterocycles. The Hall–Kier alpha value is -1.42. The molecule has 0 radical (unpaired) electrons. The molecule has 4 heteroatoms. The first kappa shape index (κ1) is 17.6. The lowest BCUT2D eigenvalue weighted by molar-refractivity contribution is -0.121. The Bertz CT molecular complexity index is 452. The highest BCUT2D eigenvalue weighted by molar-refractivity contribution is 5.75. The van der Waals surface area contributed by atoms with Crippen LogP contribution >= 0.6 is 0 Å². The Labute approximate surface area is 128 Å². The number of nitrogens with one attached hydrogen (secondary N) is 1. The predicted molar refractivity (Wildman–Crippen MR) is 86.7 cm³/mol. The lowest BCUT2D eigenvalue weighted by Crippen LogP contribution is -2.27. The van der Waals surface area contributed by atoms with Gasteiger partial charge in [-0.25, -0.2) is 0 Å². The molecule has 1 amide bonds. The highest BCUT2D eigenvalue weighted by Crippen LogP contribution is 2.31. The fourth-order valence-corrected chi connectivity index (χ4v) is 2.50. The number of hydrogen-bond acceptors (Lipinski definition) is 3. The Balaban J connectivity index is 2.41. The van der Waals surface area contributed by atoms with E-state index in [0.29, 0.717) is 25.4 Å². The standard InChI is InChI=1S/C17H29N3O/c1-13-11-19-10-8-14(13)12-20-16(21)6-5-15(7-9-18)17(2,3)4/h8,10-11,15H,5-7,9,12,18H2,1-4H3,(H,20,21). The van der Waals surface area contributed by atoms with Crippen LogP contribution in [-0.2, 0) is 11.3 Å². The molecule has 1 heterocycles. The topological polar surface area (TPSA) is 68.0 Å². The van der Waals surface area contributed by atoms with E-state index in [1.807, 2.05) is 19.2 Å². The molecule has 0 saturated heterocycles. The van der Waals surface area contributed by atoms with Crippen LogP contribution in [0.2, 0.25) is 0 Å². The fraction of sp³-hybridized carbons (Fsp3) is 0.647. The van der Waals surface area contributed by atoms with Crippen molar-refractivity contribution in [2.75, 3.05) is 6.54 Å². The van der Waals surface area contributed by atoms with Crippen LogP contribution < -0.4 is 11.1 Å². The molecule has 21 heavy (non-hydrogen) atoms. The normalized spacial score (nSPS) is 13.0. The van der Waals surface area contributed by atoms with Gasteiger partial charge in [-0.05, 0) is 54.8 Å². The summed E-state index contributed by atoms with van der Waals surface area (Å²) in [5.74, 6) is 0.591. The van der Waals surface area contributed by atoms with E-state index in [0.717, 1.165) is 24.0 Å². The molecule has 1 rings (SSSR count). The van der Waals surface area contributed by atoms with Gasteiger partial charge in [0.2, 0.25) is 5.91 Å². The van der Waals surface area contributed by atoms with Gasteiger partial charge < -0.3 is 11.1 Å². The zero-order valence-electron chi connectivity index (χ0n) is 13.8. The van der Waals surface area contributed by atoms with Crippen molar-refractivity contribution in [3.05, 3.63) is 29.6 Å². The minimum absolute atomic E-state index is 0.109. The van der Waals surface area contributed by atoms with Crippen molar-refractivity contribution in [3.8, 4) is 0 Å². The predicted octanol–water partition coefficient (Wildman–Crippen LogP) is 2.80. The number of rotatable bonds is 7. The van der Waals surface area contributed by atoms with E-state index < -0.39 is 0 Å². The zero-order chi connectivity index (χ0) is 15.9. The van der Waals surface area contributed by atoms with Gasteiger partial charge in [0.05, 0.1) is 0 Å². The summed E-state index contributed by atoms with van der Waals surface area (Å²) < 4.78 is 0. The van der Waals surface area contributed by atoms with Crippen molar-refractivity contribution in [2.45, 2.75) is 53.5 Å². The molecule has 0 spiro atoms. The van der Waals surface area contributed by atoms with Crippen LogP contribution in [0.25, 0.3) is 0 Å². The van der Waals surface area contributed by atoms with Gasteiger partial charge in [0.15, 0.2) is 0 Å². The Kier molecular flexibility index (Phi) is 6.82. The van der Waals surface area contributed by atoms with E-state index >= 15 is 0 Å². The first-order valence-corrected chi connectivity index (χ1v) is 7.71. The highest BCUT2D eigenvalue weighted by atomic mass is 16.1. The second kappa shape index (κ2) is 8.13. The summed E-state index contributed by atoms with van der Waals surface area (Å²) >= 11 is 0. The molecule has 118 valence electrons. The molecule has 0 aromatic carbocycles. The van der Waals surface area contributed by atoms with Crippen LogP contribution in [0.5, 0.6) is 0 Å². The van der Waals surface area contributed by atoms with Gasteiger partial charge in [-0.2, -0.15) is 0 Å². The number of aromatic nitrogens is 1. The third kappa shape index (κ3) is 6.25. The average Bonchev–Trinajstić information content (AvgIpc) is 2.41. The highest BCUT2D eigenvalue weighted by Gasteiger charge is 2.24. The summed E-state index contributed by atoms with van der Waals surface area (Å²) in [5.41, 5.74) is 8.10. The van der Waals surface area contributed by atoms with Gasteiger partial charge in [-0.3, -0.25) is 9.78 Å². The Morgan fingerprint density at radius 2 is 2.10 bits per heavy atom. The van der Waals surface area contributed by atoms with Gasteiger partial charge in [0, 0.05) is 25.4 Å². The molecule has 0 fully saturated rings. The molecule has 3 N–H and O–H groups in total. The van der Waals surface area contributed by atoms with E-state index in [1.54, 1.807) is 6.20 Å². The molecule has 0 aliphatic carbocycles. The van der Waals surface area contributed by atoms with E-state index in [2.05, 4.69) is 31.1 Å². The van der Waals surface area contributed by atoms with Gasteiger partial charge in [-0.1, -0.05) is 20.8 Å². The summed E-state index contributed by atoms with van der Waals surface area (Å²) in [6.07, 6.45) is 6.00. The number of carbonyl (C=O) groups excluding carboxylic acids is 1. The SMILES string of the molecule is Cc1cnccc1CNC(=O)CCC(CCN)C(C)(C)C. The molecule has 0 saturated carbocycles. The summed E-state index contributed by atoms with van der Waals surface area (Å²) in [6, 6.07) is 1.95. The minimum atomic E-state index is 0.109. The largest absolute Gasteiger partial charge is 0.352 e. The molecular weight excluding hydrogens is 262 g/mol. The van der Waals surface area contributed by atoms with Crippen LogP contribution in [-0.4, -0.2) is 17.4 Å². The van der Waals surface area contributed by atoms with E-state index in [4.69, 9.17) is 5.73 Å². The summed E-state index contributed by atoms with van der Waals surface area (Å²) in [5, 5.41) is 2.99. The second-order valence-electron chi connectivity index (χ2n) is 6.76. The molecule has 1 aromatic heterocycles. The summed E-state index contributed by atoms with van der Waals surface area (Å²) in [6.45, 7) is 9.90. The van der Waals surface area contributed by atoms with E-state index in [9.17, 15) is 4.79 Å². The molecule has 0 aliphatic rings. The van der Waals surface area contributed by atoms with Crippen LogP contribution in [0.4, 0.5) is 0 Å². The molecule has 1 unspecified atom stereocenters. The molecule has 1 aromatic rings. The molecular formula is C17H29N3O. The number of carbonyl (C=O) groups is 1. The van der Waals surface area contributed by atoms with Gasteiger partial charge in [0.1, 0.15) is 0 Å². The number of hydrogen-bond donors (Lipinski definition) is 2. The number of nitrogens with two attached hydrogens (primary N) is 1. The first-order valence-electron chi connectivity index (χ1n) is 7.71. The van der Waals surface area contributed by atoms with Gasteiger partial charge in [-0.15, -0.1) is 0 Å². The van der Waals surface area contributed by atoms with Gasteiger partial charge >= 0.3 is 0 Å². The maximum absolute atomic E-state index is 12.0. The Morgan fingerprint density at radius 1 is 1.38 bits per heavy atom. The number of nitrogens with zero attached hydrogens (tertiary/aromatic N) is 1. The van der Waals surface area contributed by atoms with Crippen molar-refractivity contribution in [1.82, 2.24) is 10.3 Å².